The van der Waals surface area contributed by atoms with Gasteiger partial charge in [-0.2, -0.15) is 0 Å². The fourth-order valence-corrected chi connectivity index (χ4v) is 3.23. The summed E-state index contributed by atoms with van der Waals surface area (Å²) in [4.78, 5) is 12.0. The Hall–Kier alpha value is -0.780. The standard InChI is InChI=1S/C13H15BrN2O2.ClH/c1-13(2)9-10(16-12(13)17)8(14)4-6-3-7(5-15)18-11(6)9;/h4,7H,3,5,15H2,1-2H3,(H,16,17);1H. The summed E-state index contributed by atoms with van der Waals surface area (Å²) in [6.45, 7) is 4.32. The van der Waals surface area contributed by atoms with E-state index in [1.54, 1.807) is 0 Å². The number of fused-ring (bicyclic) bond motifs is 3. The van der Waals surface area contributed by atoms with Crippen molar-refractivity contribution in [1.82, 2.24) is 0 Å². The van der Waals surface area contributed by atoms with E-state index in [2.05, 4.69) is 21.2 Å². The molecule has 0 bridgehead atoms. The van der Waals surface area contributed by atoms with Crippen LogP contribution >= 0.6 is 28.3 Å². The average molecular weight is 348 g/mol. The number of nitrogens with one attached hydrogen (secondary N) is 1. The molecule has 0 fully saturated rings. The summed E-state index contributed by atoms with van der Waals surface area (Å²) in [7, 11) is 0. The van der Waals surface area contributed by atoms with Crippen LogP contribution in [0.15, 0.2) is 10.5 Å². The zero-order valence-corrected chi connectivity index (χ0v) is 13.2. The molecule has 1 atom stereocenters. The molecule has 3 rings (SSSR count). The largest absolute Gasteiger partial charge is 0.488 e. The van der Waals surface area contributed by atoms with Gasteiger partial charge in [0.15, 0.2) is 0 Å². The maximum Gasteiger partial charge on any atom is 0.234 e. The summed E-state index contributed by atoms with van der Waals surface area (Å²) in [5.41, 5.74) is 8.02. The Kier molecular flexibility index (Phi) is 3.58. The van der Waals surface area contributed by atoms with Gasteiger partial charge in [-0.25, -0.2) is 0 Å². The molecule has 0 aliphatic carbocycles. The number of hydrogen-bond donors (Lipinski definition) is 2. The number of hydrogen-bond acceptors (Lipinski definition) is 3. The van der Waals surface area contributed by atoms with Gasteiger partial charge in [0.25, 0.3) is 0 Å². The maximum absolute atomic E-state index is 12.0. The van der Waals surface area contributed by atoms with Crippen LogP contribution in [0.5, 0.6) is 5.75 Å². The van der Waals surface area contributed by atoms with Crippen molar-refractivity contribution in [3.05, 3.63) is 21.7 Å². The molecule has 2 aliphatic rings. The number of halogens is 2. The fraction of sp³-hybridized carbons (Fsp3) is 0.462. The highest BCUT2D eigenvalue weighted by molar-refractivity contribution is 9.10. The number of anilines is 1. The Morgan fingerprint density at radius 1 is 1.58 bits per heavy atom. The van der Waals surface area contributed by atoms with E-state index in [1.807, 2.05) is 19.9 Å². The highest BCUT2D eigenvalue weighted by atomic mass is 79.9. The molecule has 0 radical (unpaired) electrons. The minimum atomic E-state index is -0.563. The number of carbonyl (C=O) groups excluding carboxylic acids is 1. The van der Waals surface area contributed by atoms with Crippen molar-refractivity contribution in [2.45, 2.75) is 31.8 Å². The molecule has 1 aromatic carbocycles. The number of rotatable bonds is 1. The van der Waals surface area contributed by atoms with Crippen LogP contribution in [0.2, 0.25) is 0 Å². The highest BCUT2D eigenvalue weighted by Crippen LogP contribution is 2.50. The average Bonchev–Trinajstić information content (AvgIpc) is 2.80. The zero-order valence-electron chi connectivity index (χ0n) is 10.7. The van der Waals surface area contributed by atoms with Crippen molar-refractivity contribution in [3.63, 3.8) is 0 Å². The lowest BCUT2D eigenvalue weighted by Gasteiger charge is -2.19. The van der Waals surface area contributed by atoms with Gasteiger partial charge in [0, 0.05) is 23.0 Å². The molecule has 1 unspecified atom stereocenters. The van der Waals surface area contributed by atoms with Gasteiger partial charge < -0.3 is 15.8 Å². The fourth-order valence-electron chi connectivity index (χ4n) is 2.66. The Labute approximate surface area is 126 Å². The van der Waals surface area contributed by atoms with E-state index < -0.39 is 5.41 Å². The van der Waals surface area contributed by atoms with Crippen LogP contribution in [0.25, 0.3) is 0 Å². The molecule has 2 heterocycles. The third-order valence-electron chi connectivity index (χ3n) is 3.73. The van der Waals surface area contributed by atoms with E-state index in [0.29, 0.717) is 6.54 Å². The Balaban J connectivity index is 0.00000133. The van der Waals surface area contributed by atoms with Gasteiger partial charge in [-0.3, -0.25) is 4.79 Å². The predicted octanol–water partition coefficient (Wildman–Crippen LogP) is 2.36. The van der Waals surface area contributed by atoms with Crippen LogP contribution < -0.4 is 15.8 Å². The SMILES string of the molecule is CC1(C)C(=O)Nc2c(Br)cc3c(c21)OC(CN)C3.Cl. The summed E-state index contributed by atoms with van der Waals surface area (Å²) in [5.74, 6) is 0.846. The molecular weight excluding hydrogens is 332 g/mol. The summed E-state index contributed by atoms with van der Waals surface area (Å²) >= 11 is 3.52. The van der Waals surface area contributed by atoms with Crippen LogP contribution in [0.1, 0.15) is 25.0 Å². The maximum atomic E-state index is 12.0. The first kappa shape index (κ1) is 14.6. The molecule has 2 aliphatic heterocycles. The number of nitrogens with two attached hydrogens (primary N) is 1. The molecule has 1 aromatic rings. The van der Waals surface area contributed by atoms with Crippen LogP contribution in [-0.2, 0) is 16.6 Å². The molecule has 3 N–H and O–H groups in total. The van der Waals surface area contributed by atoms with E-state index in [9.17, 15) is 4.79 Å². The lowest BCUT2D eigenvalue weighted by Crippen LogP contribution is -2.28. The Morgan fingerprint density at radius 3 is 2.89 bits per heavy atom. The van der Waals surface area contributed by atoms with E-state index >= 15 is 0 Å². The molecule has 19 heavy (non-hydrogen) atoms. The molecular formula is C13H16BrClN2O2. The quantitative estimate of drug-likeness (QED) is 0.820. The Morgan fingerprint density at radius 2 is 2.26 bits per heavy atom. The van der Waals surface area contributed by atoms with Crippen LogP contribution in [0, 0.1) is 0 Å². The summed E-state index contributed by atoms with van der Waals surface area (Å²) in [6, 6.07) is 2.02. The Bertz CT molecular complexity index is 560. The van der Waals surface area contributed by atoms with Crippen molar-refractivity contribution < 1.29 is 9.53 Å². The van der Waals surface area contributed by atoms with Crippen molar-refractivity contribution in [1.29, 1.82) is 0 Å². The summed E-state index contributed by atoms with van der Waals surface area (Å²) in [5, 5.41) is 2.92. The van der Waals surface area contributed by atoms with Gasteiger partial charge >= 0.3 is 0 Å². The number of carbonyl (C=O) groups is 1. The highest BCUT2D eigenvalue weighted by Gasteiger charge is 2.44. The van der Waals surface area contributed by atoms with Crippen LogP contribution in [0.4, 0.5) is 5.69 Å². The third-order valence-corrected chi connectivity index (χ3v) is 4.36. The second kappa shape index (κ2) is 4.65. The van der Waals surface area contributed by atoms with Gasteiger partial charge in [-0.15, -0.1) is 12.4 Å². The first-order chi connectivity index (χ1) is 8.45. The summed E-state index contributed by atoms with van der Waals surface area (Å²) in [6.07, 6.45) is 0.826. The van der Waals surface area contributed by atoms with Crippen molar-refractivity contribution in [2.24, 2.45) is 5.73 Å². The van der Waals surface area contributed by atoms with Gasteiger partial charge in [-0.1, -0.05) is 0 Å². The molecule has 0 saturated heterocycles. The number of benzene rings is 1. The predicted molar refractivity (Wildman–Crippen MR) is 80.2 cm³/mol. The van der Waals surface area contributed by atoms with Gasteiger partial charge in [0.1, 0.15) is 11.9 Å². The van der Waals surface area contributed by atoms with E-state index in [-0.39, 0.29) is 24.4 Å². The first-order valence-corrected chi connectivity index (χ1v) is 6.78. The van der Waals surface area contributed by atoms with Crippen molar-refractivity contribution in [3.8, 4) is 5.75 Å². The van der Waals surface area contributed by atoms with E-state index in [0.717, 1.165) is 33.5 Å². The van der Waals surface area contributed by atoms with E-state index in [1.165, 1.54) is 0 Å². The van der Waals surface area contributed by atoms with Crippen LogP contribution in [-0.4, -0.2) is 18.6 Å². The second-order valence-electron chi connectivity index (χ2n) is 5.36. The monoisotopic (exact) mass is 346 g/mol. The minimum Gasteiger partial charge on any atom is -0.488 e. The molecule has 0 saturated carbocycles. The van der Waals surface area contributed by atoms with E-state index in [4.69, 9.17) is 10.5 Å². The third kappa shape index (κ3) is 1.95. The normalized spacial score (nSPS) is 22.1. The van der Waals surface area contributed by atoms with Crippen LogP contribution in [0.3, 0.4) is 0 Å². The van der Waals surface area contributed by atoms with Crippen molar-refractivity contribution in [2.75, 3.05) is 11.9 Å². The topological polar surface area (TPSA) is 64.3 Å². The van der Waals surface area contributed by atoms with Gasteiger partial charge in [0.2, 0.25) is 5.91 Å². The molecule has 0 aromatic heterocycles. The summed E-state index contributed by atoms with van der Waals surface area (Å²) < 4.78 is 6.81. The van der Waals surface area contributed by atoms with Gasteiger partial charge in [-0.05, 0) is 41.4 Å². The lowest BCUT2D eigenvalue weighted by molar-refractivity contribution is -0.119. The molecule has 1 amide bonds. The van der Waals surface area contributed by atoms with Gasteiger partial charge in [0.05, 0.1) is 11.1 Å². The first-order valence-electron chi connectivity index (χ1n) is 5.99. The minimum absolute atomic E-state index is 0. The molecule has 6 heteroatoms. The molecule has 0 spiro atoms. The number of ether oxygens (including phenoxy) is 1. The molecule has 104 valence electrons. The lowest BCUT2D eigenvalue weighted by atomic mass is 9.84. The smallest absolute Gasteiger partial charge is 0.234 e. The second-order valence-corrected chi connectivity index (χ2v) is 6.21. The number of amides is 1. The zero-order chi connectivity index (χ0) is 13.1. The molecule has 4 nitrogen and oxygen atoms in total. The van der Waals surface area contributed by atoms with Crippen molar-refractivity contribution >= 4 is 39.9 Å².